The summed E-state index contributed by atoms with van der Waals surface area (Å²) in [7, 11) is 0. The van der Waals surface area contributed by atoms with Crippen LogP contribution in [0.25, 0.3) is 0 Å². The Bertz CT molecular complexity index is 270. The van der Waals surface area contributed by atoms with Crippen LogP contribution in [0, 0.1) is 9.52 Å². The number of halogens is 2. The zero-order valence-corrected chi connectivity index (χ0v) is 6.48. The van der Waals surface area contributed by atoms with E-state index in [1.165, 1.54) is 12.3 Å². The predicted molar refractivity (Wildman–Crippen MR) is 39.7 cm³/mol. The first-order valence-electron chi connectivity index (χ1n) is 2.24. The van der Waals surface area contributed by atoms with Crippen LogP contribution in [0.5, 0.6) is 0 Å². The number of H-pyrrole nitrogens is 1. The van der Waals surface area contributed by atoms with Crippen LogP contribution in [0.3, 0.4) is 0 Å². The third kappa shape index (κ3) is 1.29. The summed E-state index contributed by atoms with van der Waals surface area (Å²) in [5.74, 6) is -0.567. The van der Waals surface area contributed by atoms with Gasteiger partial charge in [0.05, 0.1) is 0 Å². The Morgan fingerprint density at radius 3 is 2.78 bits per heavy atom. The highest BCUT2D eigenvalue weighted by Crippen LogP contribution is 1.99. The number of hydrogen-bond acceptors (Lipinski definition) is 1. The fourth-order valence-electron chi connectivity index (χ4n) is 0.435. The van der Waals surface area contributed by atoms with Gasteiger partial charge >= 0.3 is 0 Å². The topological polar surface area (TPSA) is 32.9 Å². The maximum Gasteiger partial charge on any atom is 0.208 e. The largest absolute Gasteiger partial charge is 0.337 e. The first kappa shape index (κ1) is 6.73. The molecule has 1 heterocycles. The van der Waals surface area contributed by atoms with Crippen molar-refractivity contribution >= 4 is 22.6 Å². The summed E-state index contributed by atoms with van der Waals surface area (Å²) in [4.78, 5) is 12.8. The second kappa shape index (κ2) is 2.47. The van der Waals surface area contributed by atoms with E-state index >= 15 is 0 Å². The van der Waals surface area contributed by atoms with Crippen molar-refractivity contribution in [2.45, 2.75) is 0 Å². The molecule has 0 spiro atoms. The van der Waals surface area contributed by atoms with Crippen molar-refractivity contribution in [1.82, 2.24) is 4.98 Å². The maximum absolute atomic E-state index is 12.3. The molecule has 0 saturated heterocycles. The number of rotatable bonds is 0. The van der Waals surface area contributed by atoms with E-state index in [0.29, 0.717) is 0 Å². The maximum atomic E-state index is 12.3. The summed E-state index contributed by atoms with van der Waals surface area (Å²) >= 11 is 1.65. The standard InChI is InChI=1S/C5H3FINO/c6-5-4(7)3(9)1-2-8-5/h1-2H,(H,8,9). The molecule has 4 heteroatoms. The highest BCUT2D eigenvalue weighted by atomic mass is 127. The summed E-state index contributed by atoms with van der Waals surface area (Å²) in [6, 6.07) is 1.28. The number of nitrogens with one attached hydrogen (secondary N) is 1. The summed E-state index contributed by atoms with van der Waals surface area (Å²) < 4.78 is 12.4. The molecule has 1 aromatic rings. The Kier molecular flexibility index (Phi) is 1.84. The lowest BCUT2D eigenvalue weighted by atomic mass is 10.5. The number of pyridine rings is 1. The Labute approximate surface area is 64.2 Å². The SMILES string of the molecule is O=c1cc[nH]c(F)c1I. The van der Waals surface area contributed by atoms with Crippen LogP contribution in [-0.4, -0.2) is 4.98 Å². The van der Waals surface area contributed by atoms with E-state index in [9.17, 15) is 9.18 Å². The summed E-state index contributed by atoms with van der Waals surface area (Å²) in [6.07, 6.45) is 1.28. The molecule has 0 bridgehead atoms. The van der Waals surface area contributed by atoms with E-state index in [-0.39, 0.29) is 9.00 Å². The molecule has 0 atom stereocenters. The molecule has 1 N–H and O–H groups in total. The minimum Gasteiger partial charge on any atom is -0.337 e. The van der Waals surface area contributed by atoms with E-state index in [0.717, 1.165) is 0 Å². The molecule has 0 aliphatic heterocycles. The van der Waals surface area contributed by atoms with Gasteiger partial charge in [0.25, 0.3) is 0 Å². The summed E-state index contributed by atoms with van der Waals surface area (Å²) in [5.41, 5.74) is -0.285. The van der Waals surface area contributed by atoms with Crippen molar-refractivity contribution in [3.8, 4) is 0 Å². The van der Waals surface area contributed by atoms with Crippen LogP contribution in [0.2, 0.25) is 0 Å². The molecule has 48 valence electrons. The number of aromatic nitrogens is 1. The van der Waals surface area contributed by atoms with Gasteiger partial charge in [-0.15, -0.1) is 0 Å². The van der Waals surface area contributed by atoms with Gasteiger partial charge in [-0.1, -0.05) is 0 Å². The zero-order chi connectivity index (χ0) is 6.85. The normalized spacial score (nSPS) is 9.56. The van der Waals surface area contributed by atoms with Crippen LogP contribution in [0.15, 0.2) is 17.1 Å². The van der Waals surface area contributed by atoms with Crippen molar-refractivity contribution in [1.29, 1.82) is 0 Å². The molecule has 0 aliphatic carbocycles. The fourth-order valence-corrected chi connectivity index (χ4v) is 0.771. The third-order valence-corrected chi connectivity index (χ3v) is 1.86. The van der Waals surface area contributed by atoms with Crippen molar-refractivity contribution in [2.24, 2.45) is 0 Å². The van der Waals surface area contributed by atoms with Crippen molar-refractivity contribution in [3.05, 3.63) is 32.0 Å². The number of hydrogen-bond donors (Lipinski definition) is 1. The molecule has 0 amide bonds. The van der Waals surface area contributed by atoms with Gasteiger partial charge in [-0.2, -0.15) is 4.39 Å². The molecule has 2 nitrogen and oxygen atoms in total. The van der Waals surface area contributed by atoms with Crippen LogP contribution in [0.4, 0.5) is 4.39 Å². The van der Waals surface area contributed by atoms with Gasteiger partial charge < -0.3 is 4.98 Å². The van der Waals surface area contributed by atoms with E-state index < -0.39 is 5.95 Å². The first-order valence-corrected chi connectivity index (χ1v) is 3.32. The predicted octanol–water partition coefficient (Wildman–Crippen LogP) is 1.12. The van der Waals surface area contributed by atoms with Crippen LogP contribution >= 0.6 is 22.6 Å². The first-order chi connectivity index (χ1) is 4.22. The van der Waals surface area contributed by atoms with E-state index in [1.807, 2.05) is 0 Å². The van der Waals surface area contributed by atoms with Crippen molar-refractivity contribution in [2.75, 3.05) is 0 Å². The van der Waals surface area contributed by atoms with Gasteiger partial charge in [0.1, 0.15) is 3.57 Å². The second-order valence-electron chi connectivity index (χ2n) is 1.47. The van der Waals surface area contributed by atoms with Crippen LogP contribution in [-0.2, 0) is 0 Å². The lowest BCUT2D eigenvalue weighted by Gasteiger charge is -1.88. The zero-order valence-electron chi connectivity index (χ0n) is 4.32. The molecule has 0 aliphatic rings. The Morgan fingerprint density at radius 1 is 1.67 bits per heavy atom. The van der Waals surface area contributed by atoms with Crippen molar-refractivity contribution < 1.29 is 4.39 Å². The molecule has 9 heavy (non-hydrogen) atoms. The second-order valence-corrected chi connectivity index (χ2v) is 2.55. The van der Waals surface area contributed by atoms with Gasteiger partial charge in [0.15, 0.2) is 5.43 Å². The lowest BCUT2D eigenvalue weighted by molar-refractivity contribution is 0.574. The molecule has 0 radical (unpaired) electrons. The van der Waals surface area contributed by atoms with Crippen molar-refractivity contribution in [3.63, 3.8) is 0 Å². The molecule has 0 fully saturated rings. The Morgan fingerprint density at radius 2 is 2.33 bits per heavy atom. The highest BCUT2D eigenvalue weighted by Gasteiger charge is 1.98. The van der Waals surface area contributed by atoms with Gasteiger partial charge in [-0.05, 0) is 22.6 Å². The van der Waals surface area contributed by atoms with Crippen LogP contribution < -0.4 is 5.43 Å². The summed E-state index contributed by atoms with van der Waals surface area (Å²) in [5, 5.41) is 0. The minimum atomic E-state index is -0.567. The molecule has 0 aromatic carbocycles. The summed E-state index contributed by atoms with van der Waals surface area (Å²) in [6.45, 7) is 0. The van der Waals surface area contributed by atoms with E-state index in [4.69, 9.17) is 0 Å². The molecule has 0 unspecified atom stereocenters. The van der Waals surface area contributed by atoms with Gasteiger partial charge in [0, 0.05) is 12.3 Å². The van der Waals surface area contributed by atoms with E-state index in [2.05, 4.69) is 4.98 Å². The highest BCUT2D eigenvalue weighted by molar-refractivity contribution is 14.1. The van der Waals surface area contributed by atoms with Gasteiger partial charge in [-0.3, -0.25) is 4.79 Å². The van der Waals surface area contributed by atoms with E-state index in [1.54, 1.807) is 22.6 Å². The third-order valence-electron chi connectivity index (χ3n) is 0.854. The molecular formula is C5H3FINO. The van der Waals surface area contributed by atoms with Gasteiger partial charge in [-0.25, -0.2) is 0 Å². The molecule has 1 aromatic heterocycles. The average molecular weight is 239 g/mol. The lowest BCUT2D eigenvalue weighted by Crippen LogP contribution is -2.06. The van der Waals surface area contributed by atoms with Crippen LogP contribution in [0.1, 0.15) is 0 Å². The molecule has 0 saturated carbocycles. The average Bonchev–Trinajstić information content (AvgIpc) is 1.83. The fraction of sp³-hybridized carbons (Fsp3) is 0. The molecule has 1 rings (SSSR count). The monoisotopic (exact) mass is 239 g/mol. The molecular weight excluding hydrogens is 236 g/mol. The Balaban J connectivity index is 3.43. The Hall–Kier alpha value is -0.390. The van der Waals surface area contributed by atoms with Gasteiger partial charge in [0.2, 0.25) is 5.95 Å². The quantitative estimate of drug-likeness (QED) is 0.534. The number of aromatic amines is 1. The smallest absolute Gasteiger partial charge is 0.208 e. The minimum absolute atomic E-state index is 0.107.